The minimum Gasteiger partial charge on any atom is -0.486 e. The number of nitrogens with one attached hydrogen (secondary N) is 1. The van der Waals surface area contributed by atoms with E-state index in [-0.39, 0.29) is 25.2 Å². The summed E-state index contributed by atoms with van der Waals surface area (Å²) in [5.41, 5.74) is 1.40. The lowest BCUT2D eigenvalue weighted by atomic mass is 10.2. The summed E-state index contributed by atoms with van der Waals surface area (Å²) in [6, 6.07) is 10.6. The number of likely N-dealkylation sites (N-methyl/N-ethyl adjacent to an activating group) is 1. The van der Waals surface area contributed by atoms with Crippen LogP contribution in [-0.4, -0.2) is 49.8 Å². The molecule has 8 nitrogen and oxygen atoms in total. The number of hydrogen-bond donors (Lipinski definition) is 1. The van der Waals surface area contributed by atoms with Gasteiger partial charge in [0.15, 0.2) is 23.0 Å². The van der Waals surface area contributed by atoms with Gasteiger partial charge in [-0.05, 0) is 42.8 Å². The molecule has 8 heteroatoms. The van der Waals surface area contributed by atoms with Gasteiger partial charge in [0.25, 0.3) is 0 Å². The molecule has 0 spiro atoms. The van der Waals surface area contributed by atoms with Crippen LogP contribution in [-0.2, 0) is 9.59 Å². The molecule has 30 heavy (non-hydrogen) atoms. The van der Waals surface area contributed by atoms with Gasteiger partial charge in [-0.15, -0.1) is 0 Å². The highest BCUT2D eigenvalue weighted by Gasteiger charge is 2.16. The summed E-state index contributed by atoms with van der Waals surface area (Å²) < 4.78 is 21.6. The van der Waals surface area contributed by atoms with E-state index in [2.05, 4.69) is 5.32 Å². The number of carbonyl (C=O) groups excluding carboxylic acids is 2. The quantitative estimate of drug-likeness (QED) is 0.737. The molecule has 0 aromatic heterocycles. The number of nitrogens with zero attached hydrogens (tertiary/aromatic N) is 1. The Morgan fingerprint density at radius 1 is 0.967 bits per heavy atom. The zero-order chi connectivity index (χ0) is 20.9. The molecule has 2 amide bonds. The number of fused-ring (bicyclic) bond motifs is 2. The lowest BCUT2D eigenvalue weighted by molar-refractivity contribution is -0.130. The van der Waals surface area contributed by atoms with Gasteiger partial charge in [-0.3, -0.25) is 9.59 Å². The van der Waals surface area contributed by atoms with Crippen LogP contribution in [0.1, 0.15) is 12.5 Å². The number of amides is 2. The van der Waals surface area contributed by atoms with Crippen molar-refractivity contribution < 1.29 is 28.5 Å². The predicted molar refractivity (Wildman–Crippen MR) is 110 cm³/mol. The van der Waals surface area contributed by atoms with Gasteiger partial charge in [0.1, 0.15) is 19.8 Å². The molecular weight excluding hydrogens is 388 g/mol. The molecule has 1 N–H and O–H groups in total. The minimum atomic E-state index is -0.293. The first kappa shape index (κ1) is 19.6. The minimum absolute atomic E-state index is 0.0603. The van der Waals surface area contributed by atoms with E-state index in [9.17, 15) is 9.59 Å². The van der Waals surface area contributed by atoms with Crippen LogP contribution < -0.4 is 24.3 Å². The first-order valence-corrected chi connectivity index (χ1v) is 9.68. The number of carbonyl (C=O) groups is 2. The van der Waals surface area contributed by atoms with Crippen molar-refractivity contribution in [2.75, 3.05) is 38.4 Å². The van der Waals surface area contributed by atoms with Crippen LogP contribution in [0.4, 0.5) is 5.69 Å². The molecule has 4 rings (SSSR count). The van der Waals surface area contributed by atoms with Gasteiger partial charge in [0, 0.05) is 24.4 Å². The van der Waals surface area contributed by atoms with Crippen molar-refractivity contribution in [2.24, 2.45) is 0 Å². The van der Waals surface area contributed by atoms with Gasteiger partial charge in [0.2, 0.25) is 18.6 Å². The average molecular weight is 410 g/mol. The van der Waals surface area contributed by atoms with E-state index in [1.54, 1.807) is 36.4 Å². The summed E-state index contributed by atoms with van der Waals surface area (Å²) >= 11 is 0. The monoisotopic (exact) mass is 410 g/mol. The molecule has 0 fully saturated rings. The highest BCUT2D eigenvalue weighted by molar-refractivity contribution is 5.98. The lowest BCUT2D eigenvalue weighted by Gasteiger charge is -2.20. The first-order chi connectivity index (χ1) is 14.6. The maximum atomic E-state index is 12.5. The lowest BCUT2D eigenvalue weighted by Crippen LogP contribution is -2.36. The van der Waals surface area contributed by atoms with E-state index < -0.39 is 0 Å². The summed E-state index contributed by atoms with van der Waals surface area (Å²) in [5.74, 6) is 2.03. The number of ether oxygens (including phenoxy) is 4. The number of rotatable bonds is 6. The fraction of sp³-hybridized carbons (Fsp3) is 0.273. The molecular formula is C22H22N2O6. The van der Waals surface area contributed by atoms with E-state index in [4.69, 9.17) is 18.9 Å². The second-order valence-corrected chi connectivity index (χ2v) is 6.71. The Kier molecular flexibility index (Phi) is 5.74. The molecule has 2 aromatic rings. The largest absolute Gasteiger partial charge is 0.486 e. The van der Waals surface area contributed by atoms with Gasteiger partial charge in [-0.2, -0.15) is 0 Å². The standard InChI is InChI=1S/C22H22N2O6/c1-2-24(22(26)8-4-15-3-6-18-19(11-15)30-14-29-18)13-21(25)23-16-5-7-17-20(12-16)28-10-9-27-17/h3-8,11-12H,2,9-10,13-14H2,1H3,(H,23,25)/b8-4+. The second-order valence-electron chi connectivity index (χ2n) is 6.71. The summed E-state index contributed by atoms with van der Waals surface area (Å²) in [7, 11) is 0. The van der Waals surface area contributed by atoms with Crippen LogP contribution >= 0.6 is 0 Å². The van der Waals surface area contributed by atoms with Crippen molar-refractivity contribution in [3.63, 3.8) is 0 Å². The maximum absolute atomic E-state index is 12.5. The number of hydrogen-bond acceptors (Lipinski definition) is 6. The molecule has 0 bridgehead atoms. The van der Waals surface area contributed by atoms with E-state index in [0.29, 0.717) is 48.4 Å². The van der Waals surface area contributed by atoms with Crippen molar-refractivity contribution in [3.05, 3.63) is 48.0 Å². The van der Waals surface area contributed by atoms with Crippen molar-refractivity contribution in [1.29, 1.82) is 0 Å². The summed E-state index contributed by atoms with van der Waals surface area (Å²) in [6.45, 7) is 3.34. The SMILES string of the molecule is CCN(CC(=O)Nc1ccc2c(c1)OCCO2)C(=O)/C=C/c1ccc2c(c1)OCO2. The molecule has 2 aromatic carbocycles. The third-order valence-corrected chi connectivity index (χ3v) is 4.67. The molecule has 0 saturated carbocycles. The van der Waals surface area contributed by atoms with Gasteiger partial charge in [-0.25, -0.2) is 0 Å². The van der Waals surface area contributed by atoms with Crippen molar-refractivity contribution in [1.82, 2.24) is 4.90 Å². The Morgan fingerprint density at radius 3 is 2.50 bits per heavy atom. The average Bonchev–Trinajstić information content (AvgIpc) is 3.23. The zero-order valence-electron chi connectivity index (χ0n) is 16.6. The van der Waals surface area contributed by atoms with E-state index in [0.717, 1.165) is 5.56 Å². The maximum Gasteiger partial charge on any atom is 0.247 e. The third kappa shape index (κ3) is 4.48. The fourth-order valence-corrected chi connectivity index (χ4v) is 3.13. The Labute approximate surface area is 174 Å². The van der Waals surface area contributed by atoms with Gasteiger partial charge >= 0.3 is 0 Å². The van der Waals surface area contributed by atoms with E-state index in [1.807, 2.05) is 13.0 Å². The van der Waals surface area contributed by atoms with Crippen molar-refractivity contribution in [3.8, 4) is 23.0 Å². The fourth-order valence-electron chi connectivity index (χ4n) is 3.13. The molecule has 2 heterocycles. The molecule has 0 saturated heterocycles. The third-order valence-electron chi connectivity index (χ3n) is 4.67. The van der Waals surface area contributed by atoms with Crippen LogP contribution in [0.2, 0.25) is 0 Å². The van der Waals surface area contributed by atoms with Gasteiger partial charge in [0.05, 0.1) is 0 Å². The van der Waals surface area contributed by atoms with Crippen LogP contribution in [0.3, 0.4) is 0 Å². The topological polar surface area (TPSA) is 86.3 Å². The van der Waals surface area contributed by atoms with Crippen molar-refractivity contribution >= 4 is 23.6 Å². The molecule has 0 unspecified atom stereocenters. The molecule has 2 aliphatic rings. The predicted octanol–water partition coefficient (Wildman–Crippen LogP) is 2.69. The number of benzene rings is 2. The Morgan fingerprint density at radius 2 is 1.67 bits per heavy atom. The second kappa shape index (κ2) is 8.77. The molecule has 0 atom stereocenters. The van der Waals surface area contributed by atoms with Gasteiger partial charge in [-0.1, -0.05) is 6.07 Å². The first-order valence-electron chi connectivity index (χ1n) is 9.68. The molecule has 2 aliphatic heterocycles. The Bertz CT molecular complexity index is 988. The molecule has 0 aliphatic carbocycles. The van der Waals surface area contributed by atoms with E-state index >= 15 is 0 Å². The summed E-state index contributed by atoms with van der Waals surface area (Å²) in [4.78, 5) is 26.4. The van der Waals surface area contributed by atoms with Crippen molar-refractivity contribution in [2.45, 2.75) is 6.92 Å². The number of anilines is 1. The van der Waals surface area contributed by atoms with E-state index in [1.165, 1.54) is 11.0 Å². The molecule has 156 valence electrons. The highest BCUT2D eigenvalue weighted by atomic mass is 16.7. The van der Waals surface area contributed by atoms with Crippen LogP contribution in [0.15, 0.2) is 42.5 Å². The summed E-state index contributed by atoms with van der Waals surface area (Å²) in [5, 5.41) is 2.79. The van der Waals surface area contributed by atoms with Gasteiger partial charge < -0.3 is 29.2 Å². The molecule has 0 radical (unpaired) electrons. The zero-order valence-corrected chi connectivity index (χ0v) is 16.6. The van der Waals surface area contributed by atoms with Crippen LogP contribution in [0.25, 0.3) is 6.08 Å². The highest BCUT2D eigenvalue weighted by Crippen LogP contribution is 2.33. The Hall–Kier alpha value is -3.68. The summed E-state index contributed by atoms with van der Waals surface area (Å²) in [6.07, 6.45) is 3.13. The van der Waals surface area contributed by atoms with Crippen LogP contribution in [0, 0.1) is 0 Å². The van der Waals surface area contributed by atoms with Crippen LogP contribution in [0.5, 0.6) is 23.0 Å². The Balaban J connectivity index is 1.35. The normalized spacial score (nSPS) is 13.9. The smallest absolute Gasteiger partial charge is 0.247 e.